The second kappa shape index (κ2) is 9.43. The number of amides is 1. The van der Waals surface area contributed by atoms with Crippen molar-refractivity contribution in [2.45, 2.75) is 0 Å². The van der Waals surface area contributed by atoms with Gasteiger partial charge in [-0.2, -0.15) is 5.10 Å². The van der Waals surface area contributed by atoms with Gasteiger partial charge in [0.15, 0.2) is 17.2 Å². The fourth-order valence-electron chi connectivity index (χ4n) is 3.34. The Bertz CT molecular complexity index is 1130. The van der Waals surface area contributed by atoms with Gasteiger partial charge in [0.1, 0.15) is 5.56 Å². The van der Waals surface area contributed by atoms with Crippen LogP contribution in [0.3, 0.4) is 0 Å². The lowest BCUT2D eigenvalue weighted by Gasteiger charge is -2.28. The number of aromatic nitrogens is 2. The Morgan fingerprint density at radius 2 is 2.06 bits per heavy atom. The highest BCUT2D eigenvalue weighted by Crippen LogP contribution is 2.24. The molecule has 4 rings (SSSR count). The molecule has 31 heavy (non-hydrogen) atoms. The van der Waals surface area contributed by atoms with E-state index in [4.69, 9.17) is 13.9 Å². The Hall–Kier alpha value is -3.66. The summed E-state index contributed by atoms with van der Waals surface area (Å²) in [6.07, 6.45) is 1.71. The number of hydrogen-bond donors (Lipinski definition) is 2. The minimum absolute atomic E-state index is 0.0603. The molecule has 0 saturated carbocycles. The van der Waals surface area contributed by atoms with Gasteiger partial charge in [0.2, 0.25) is 0 Å². The van der Waals surface area contributed by atoms with E-state index in [1.165, 1.54) is 13.2 Å². The summed E-state index contributed by atoms with van der Waals surface area (Å²) in [4.78, 5) is 26.9. The van der Waals surface area contributed by atoms with Crippen molar-refractivity contribution >= 4 is 28.4 Å². The average Bonchev–Trinajstić information content (AvgIpc) is 2.81. The molecule has 1 aliphatic heterocycles. The quantitative estimate of drug-likeness (QED) is 0.426. The van der Waals surface area contributed by atoms with Crippen LogP contribution in [0.5, 0.6) is 5.75 Å². The molecule has 3 heterocycles. The average molecular weight is 425 g/mol. The van der Waals surface area contributed by atoms with E-state index >= 15 is 0 Å². The van der Waals surface area contributed by atoms with Gasteiger partial charge in [0.05, 0.1) is 32.2 Å². The van der Waals surface area contributed by atoms with E-state index in [0.29, 0.717) is 42.3 Å². The zero-order valence-electron chi connectivity index (χ0n) is 17.1. The van der Waals surface area contributed by atoms with Gasteiger partial charge in [-0.15, -0.1) is 5.10 Å². The second-order valence-electron chi connectivity index (χ2n) is 6.91. The number of anilines is 2. The van der Waals surface area contributed by atoms with E-state index in [0.717, 1.165) is 18.8 Å². The van der Waals surface area contributed by atoms with Crippen LogP contribution in [0.25, 0.3) is 11.0 Å². The number of ether oxygens (including phenoxy) is 2. The zero-order chi connectivity index (χ0) is 21.6. The standard InChI is InChI=1S/C21H23N5O5/c1-29-17-4-2-3-14-11-16(21(28)31-19(14)17)20(27)23-6-5-22-18-12-15(13-24-25-18)26-7-9-30-10-8-26/h2-4,11-13H,5-10H2,1H3,(H,22,25)(H,23,27). The fraction of sp³-hybridized carbons (Fsp3) is 0.333. The number of rotatable bonds is 7. The third-order valence-electron chi connectivity index (χ3n) is 4.92. The summed E-state index contributed by atoms with van der Waals surface area (Å²) >= 11 is 0. The first kappa shape index (κ1) is 20.6. The number of nitrogens with zero attached hydrogens (tertiary/aromatic N) is 3. The number of para-hydroxylation sites is 1. The number of morpholine rings is 1. The van der Waals surface area contributed by atoms with Crippen molar-refractivity contribution in [1.82, 2.24) is 15.5 Å². The van der Waals surface area contributed by atoms with Gasteiger partial charge in [0, 0.05) is 37.6 Å². The third-order valence-corrected chi connectivity index (χ3v) is 4.92. The lowest BCUT2D eigenvalue weighted by molar-refractivity contribution is 0.0951. The minimum Gasteiger partial charge on any atom is -0.493 e. The van der Waals surface area contributed by atoms with Crippen LogP contribution < -0.4 is 25.9 Å². The van der Waals surface area contributed by atoms with Crippen LogP contribution in [0.2, 0.25) is 0 Å². The van der Waals surface area contributed by atoms with Crippen molar-refractivity contribution in [3.8, 4) is 5.75 Å². The molecule has 0 unspecified atom stereocenters. The first-order valence-electron chi connectivity index (χ1n) is 9.94. The number of hydrogen-bond acceptors (Lipinski definition) is 9. The summed E-state index contributed by atoms with van der Waals surface area (Å²) in [5.74, 6) is 0.537. The highest BCUT2D eigenvalue weighted by atomic mass is 16.5. The van der Waals surface area contributed by atoms with Gasteiger partial charge in [-0.3, -0.25) is 4.79 Å². The molecule has 0 spiro atoms. The Balaban J connectivity index is 1.34. The topological polar surface area (TPSA) is 119 Å². The van der Waals surface area contributed by atoms with Gasteiger partial charge < -0.3 is 29.4 Å². The number of methoxy groups -OCH3 is 1. The van der Waals surface area contributed by atoms with Crippen LogP contribution in [-0.2, 0) is 4.74 Å². The molecule has 3 aromatic rings. The normalized spacial score (nSPS) is 13.8. The van der Waals surface area contributed by atoms with Crippen molar-refractivity contribution in [3.05, 3.63) is 52.5 Å². The smallest absolute Gasteiger partial charge is 0.349 e. The molecule has 2 aromatic heterocycles. The monoisotopic (exact) mass is 425 g/mol. The molecule has 0 bridgehead atoms. The summed E-state index contributed by atoms with van der Waals surface area (Å²) in [7, 11) is 1.49. The predicted octanol–water partition coefficient (Wildman–Crippen LogP) is 1.27. The molecule has 10 heteroatoms. The largest absolute Gasteiger partial charge is 0.493 e. The lowest BCUT2D eigenvalue weighted by Crippen LogP contribution is -2.36. The molecule has 1 fully saturated rings. The molecule has 0 atom stereocenters. The van der Waals surface area contributed by atoms with Gasteiger partial charge in [-0.1, -0.05) is 12.1 Å². The predicted molar refractivity (Wildman–Crippen MR) is 115 cm³/mol. The molecule has 1 aliphatic rings. The van der Waals surface area contributed by atoms with E-state index in [9.17, 15) is 9.59 Å². The van der Waals surface area contributed by atoms with E-state index in [-0.39, 0.29) is 12.1 Å². The number of fused-ring (bicyclic) bond motifs is 1. The van der Waals surface area contributed by atoms with Crippen LogP contribution in [0.1, 0.15) is 10.4 Å². The molecule has 1 amide bonds. The summed E-state index contributed by atoms with van der Waals surface area (Å²) in [6.45, 7) is 3.69. The molecule has 1 saturated heterocycles. The molecule has 162 valence electrons. The Kier molecular flexibility index (Phi) is 6.27. The number of carbonyl (C=O) groups is 1. The van der Waals surface area contributed by atoms with Crippen LogP contribution in [0.15, 0.2) is 45.7 Å². The minimum atomic E-state index is -0.716. The molecule has 1 aromatic carbocycles. The molecular weight excluding hydrogens is 402 g/mol. The van der Waals surface area contributed by atoms with Crippen molar-refractivity contribution < 1.29 is 18.7 Å². The number of benzene rings is 1. The zero-order valence-corrected chi connectivity index (χ0v) is 17.1. The highest BCUT2D eigenvalue weighted by molar-refractivity contribution is 5.97. The Morgan fingerprint density at radius 3 is 2.87 bits per heavy atom. The molecule has 0 radical (unpaired) electrons. The lowest BCUT2D eigenvalue weighted by atomic mass is 10.1. The van der Waals surface area contributed by atoms with E-state index in [2.05, 4.69) is 25.7 Å². The van der Waals surface area contributed by atoms with Gasteiger partial charge >= 0.3 is 5.63 Å². The molecule has 0 aliphatic carbocycles. The maximum absolute atomic E-state index is 12.5. The number of nitrogens with one attached hydrogen (secondary N) is 2. The fourth-order valence-corrected chi connectivity index (χ4v) is 3.34. The Labute approximate surface area is 178 Å². The Morgan fingerprint density at radius 1 is 1.23 bits per heavy atom. The van der Waals surface area contributed by atoms with Gasteiger partial charge in [-0.25, -0.2) is 4.79 Å². The van der Waals surface area contributed by atoms with Crippen LogP contribution in [0, 0.1) is 0 Å². The van der Waals surface area contributed by atoms with Crippen LogP contribution in [0.4, 0.5) is 11.5 Å². The van der Waals surface area contributed by atoms with Crippen molar-refractivity contribution in [2.24, 2.45) is 0 Å². The molecular formula is C21H23N5O5. The van der Waals surface area contributed by atoms with E-state index in [1.54, 1.807) is 24.4 Å². The summed E-state index contributed by atoms with van der Waals surface area (Å²) in [6, 6.07) is 8.61. The van der Waals surface area contributed by atoms with Crippen molar-refractivity contribution in [1.29, 1.82) is 0 Å². The van der Waals surface area contributed by atoms with Crippen molar-refractivity contribution in [2.75, 3.05) is 56.7 Å². The maximum atomic E-state index is 12.5. The molecule has 10 nitrogen and oxygen atoms in total. The van der Waals surface area contributed by atoms with E-state index < -0.39 is 11.5 Å². The van der Waals surface area contributed by atoms with Crippen molar-refractivity contribution in [3.63, 3.8) is 0 Å². The first-order chi connectivity index (χ1) is 15.2. The second-order valence-corrected chi connectivity index (χ2v) is 6.91. The first-order valence-corrected chi connectivity index (χ1v) is 9.94. The maximum Gasteiger partial charge on any atom is 0.349 e. The van der Waals surface area contributed by atoms with Gasteiger partial charge in [-0.05, 0) is 12.1 Å². The summed E-state index contributed by atoms with van der Waals surface area (Å²) < 4.78 is 15.8. The number of carbonyl (C=O) groups excluding carboxylic acids is 1. The summed E-state index contributed by atoms with van der Waals surface area (Å²) in [5, 5.41) is 14.5. The van der Waals surface area contributed by atoms with E-state index in [1.807, 2.05) is 6.07 Å². The summed E-state index contributed by atoms with van der Waals surface area (Å²) in [5.41, 5.74) is 0.502. The molecule has 2 N–H and O–H groups in total. The van der Waals surface area contributed by atoms with Crippen LogP contribution in [-0.4, -0.2) is 62.6 Å². The van der Waals surface area contributed by atoms with Crippen LogP contribution >= 0.6 is 0 Å². The third kappa shape index (κ3) is 4.75. The van der Waals surface area contributed by atoms with Gasteiger partial charge in [0.25, 0.3) is 5.91 Å². The highest BCUT2D eigenvalue weighted by Gasteiger charge is 2.15. The SMILES string of the molecule is COc1cccc2cc(C(=O)NCCNc3cc(N4CCOCC4)cnn3)c(=O)oc12.